The molecule has 31 heavy (non-hydrogen) atoms. The minimum atomic E-state index is -4.84. The smallest absolute Gasteiger partial charge is 0.406 e. The predicted molar refractivity (Wildman–Crippen MR) is 111 cm³/mol. The number of ether oxygens (including phenoxy) is 1. The highest BCUT2D eigenvalue weighted by Crippen LogP contribution is 2.35. The van der Waals surface area contributed by atoms with E-state index >= 15 is 0 Å². The number of nitrogens with zero attached hydrogens (tertiary/aromatic N) is 1. The summed E-state index contributed by atoms with van der Waals surface area (Å²) in [5.74, 6) is -0.381. The molecule has 1 heterocycles. The van der Waals surface area contributed by atoms with Crippen molar-refractivity contribution in [3.05, 3.63) is 95.3 Å². The fraction of sp³-hybridized carbons (Fsp3) is 0.217. The maximum atomic E-state index is 12.8. The van der Waals surface area contributed by atoms with Gasteiger partial charge in [-0.3, -0.25) is 4.98 Å². The Morgan fingerprint density at radius 2 is 1.77 bits per heavy atom. The standard InChI is InChI=1S/C23H22F3N3O2/c1-16-11-12-20(28-15-16)22(29-21(30)27-2,14-17-7-4-3-5-8-17)18-9-6-10-19(13-18)31-23(24,25)26/h3-13,15H,14H2,1-2H3,(H2,27,29,30). The lowest BCUT2D eigenvalue weighted by Gasteiger charge is -2.35. The minimum Gasteiger partial charge on any atom is -0.406 e. The summed E-state index contributed by atoms with van der Waals surface area (Å²) in [7, 11) is 1.47. The number of hydrogen-bond acceptors (Lipinski definition) is 3. The molecule has 0 aliphatic heterocycles. The highest BCUT2D eigenvalue weighted by atomic mass is 19.4. The molecule has 0 saturated carbocycles. The third kappa shape index (κ3) is 5.53. The van der Waals surface area contributed by atoms with Gasteiger partial charge in [0.2, 0.25) is 0 Å². The second kappa shape index (κ2) is 9.07. The molecule has 0 bridgehead atoms. The summed E-state index contributed by atoms with van der Waals surface area (Å²) in [5.41, 5.74) is 1.41. The van der Waals surface area contributed by atoms with E-state index in [1.54, 1.807) is 18.3 Å². The molecule has 0 aliphatic rings. The number of carbonyl (C=O) groups is 1. The lowest BCUT2D eigenvalue weighted by molar-refractivity contribution is -0.274. The highest BCUT2D eigenvalue weighted by Gasteiger charge is 2.39. The summed E-state index contributed by atoms with van der Waals surface area (Å²) in [6, 6.07) is 18.0. The molecular formula is C23H22F3N3O2. The fourth-order valence-electron chi connectivity index (χ4n) is 3.36. The summed E-state index contributed by atoms with van der Waals surface area (Å²) >= 11 is 0. The van der Waals surface area contributed by atoms with Crippen LogP contribution in [0.15, 0.2) is 72.9 Å². The molecule has 0 spiro atoms. The van der Waals surface area contributed by atoms with Crippen molar-refractivity contribution in [3.8, 4) is 5.75 Å². The van der Waals surface area contributed by atoms with Crippen molar-refractivity contribution in [2.24, 2.45) is 0 Å². The van der Waals surface area contributed by atoms with E-state index in [-0.39, 0.29) is 12.2 Å². The Labute approximate surface area is 178 Å². The van der Waals surface area contributed by atoms with Crippen LogP contribution in [0.5, 0.6) is 5.75 Å². The molecule has 0 saturated heterocycles. The van der Waals surface area contributed by atoms with Crippen molar-refractivity contribution in [3.63, 3.8) is 0 Å². The third-order valence-corrected chi connectivity index (χ3v) is 4.78. The number of hydrogen-bond donors (Lipinski definition) is 2. The number of aryl methyl sites for hydroxylation is 1. The van der Waals surface area contributed by atoms with Gasteiger partial charge in [0.1, 0.15) is 11.3 Å². The average Bonchev–Trinajstić information content (AvgIpc) is 2.73. The number of carbonyl (C=O) groups excluding carboxylic acids is 1. The number of alkyl halides is 3. The van der Waals surface area contributed by atoms with Crippen molar-refractivity contribution in [1.82, 2.24) is 15.6 Å². The second-order valence-electron chi connectivity index (χ2n) is 7.07. The van der Waals surface area contributed by atoms with E-state index < -0.39 is 17.9 Å². The maximum absolute atomic E-state index is 12.8. The number of amides is 2. The van der Waals surface area contributed by atoms with E-state index in [2.05, 4.69) is 20.4 Å². The zero-order chi connectivity index (χ0) is 22.5. The van der Waals surface area contributed by atoms with Crippen molar-refractivity contribution < 1.29 is 22.7 Å². The third-order valence-electron chi connectivity index (χ3n) is 4.78. The molecule has 3 rings (SSSR count). The van der Waals surface area contributed by atoms with Gasteiger partial charge in [0.15, 0.2) is 0 Å². The van der Waals surface area contributed by atoms with E-state index in [9.17, 15) is 18.0 Å². The summed E-state index contributed by atoms with van der Waals surface area (Å²) in [6.07, 6.45) is -2.93. The molecule has 2 aromatic carbocycles. The van der Waals surface area contributed by atoms with E-state index in [1.165, 1.54) is 25.2 Å². The van der Waals surface area contributed by atoms with Crippen molar-refractivity contribution in [1.29, 1.82) is 0 Å². The van der Waals surface area contributed by atoms with E-state index in [0.717, 1.165) is 11.1 Å². The van der Waals surface area contributed by atoms with Crippen LogP contribution >= 0.6 is 0 Å². The van der Waals surface area contributed by atoms with Crippen LogP contribution in [0, 0.1) is 6.92 Å². The molecule has 0 radical (unpaired) electrons. The number of halogens is 3. The molecule has 0 fully saturated rings. The van der Waals surface area contributed by atoms with E-state index in [4.69, 9.17) is 0 Å². The van der Waals surface area contributed by atoms with Crippen molar-refractivity contribution in [2.75, 3.05) is 7.05 Å². The van der Waals surface area contributed by atoms with Crippen LogP contribution in [-0.4, -0.2) is 24.4 Å². The summed E-state index contributed by atoms with van der Waals surface area (Å²) in [6.45, 7) is 1.87. The fourth-order valence-corrected chi connectivity index (χ4v) is 3.36. The normalized spacial score (nSPS) is 13.2. The minimum absolute atomic E-state index is 0.257. The van der Waals surface area contributed by atoms with Crippen LogP contribution in [0.4, 0.5) is 18.0 Å². The van der Waals surface area contributed by atoms with Crippen molar-refractivity contribution >= 4 is 6.03 Å². The zero-order valence-corrected chi connectivity index (χ0v) is 17.0. The summed E-state index contributed by atoms with van der Waals surface area (Å²) < 4.78 is 42.6. The van der Waals surface area contributed by atoms with Gasteiger partial charge in [-0.2, -0.15) is 0 Å². The van der Waals surface area contributed by atoms with Gasteiger partial charge in [-0.25, -0.2) is 4.79 Å². The largest absolute Gasteiger partial charge is 0.573 e. The van der Waals surface area contributed by atoms with Crippen LogP contribution in [0.1, 0.15) is 22.4 Å². The summed E-state index contributed by atoms with van der Waals surface area (Å²) in [4.78, 5) is 17.0. The molecule has 3 aromatic rings. The van der Waals surface area contributed by atoms with E-state index in [0.29, 0.717) is 11.3 Å². The Hall–Kier alpha value is -3.55. The van der Waals surface area contributed by atoms with Gasteiger partial charge in [-0.1, -0.05) is 48.5 Å². The van der Waals surface area contributed by atoms with Gasteiger partial charge in [0.05, 0.1) is 5.69 Å². The Balaban J connectivity index is 2.21. The Kier molecular flexibility index (Phi) is 6.48. The molecule has 1 aromatic heterocycles. The number of nitrogens with one attached hydrogen (secondary N) is 2. The van der Waals surface area contributed by atoms with Crippen LogP contribution < -0.4 is 15.4 Å². The molecule has 1 atom stereocenters. The van der Waals surface area contributed by atoms with Gasteiger partial charge in [0.25, 0.3) is 0 Å². The summed E-state index contributed by atoms with van der Waals surface area (Å²) in [5, 5.41) is 5.44. The first-order valence-corrected chi connectivity index (χ1v) is 9.55. The van der Waals surface area contributed by atoms with Gasteiger partial charge in [0, 0.05) is 19.7 Å². The second-order valence-corrected chi connectivity index (χ2v) is 7.07. The molecule has 2 amide bonds. The molecular weight excluding hydrogens is 407 g/mol. The van der Waals surface area contributed by atoms with Crippen LogP contribution in [0.3, 0.4) is 0 Å². The number of rotatable bonds is 6. The van der Waals surface area contributed by atoms with Gasteiger partial charge >= 0.3 is 12.4 Å². The Morgan fingerprint density at radius 3 is 2.39 bits per heavy atom. The van der Waals surface area contributed by atoms with Gasteiger partial charge in [-0.15, -0.1) is 13.2 Å². The number of benzene rings is 2. The molecule has 8 heteroatoms. The molecule has 1 unspecified atom stereocenters. The monoisotopic (exact) mass is 429 g/mol. The van der Waals surface area contributed by atoms with Crippen molar-refractivity contribution in [2.45, 2.75) is 25.2 Å². The first kappa shape index (κ1) is 22.1. The van der Waals surface area contributed by atoms with Gasteiger partial charge < -0.3 is 15.4 Å². The van der Waals surface area contributed by atoms with Crippen LogP contribution in [0.25, 0.3) is 0 Å². The van der Waals surface area contributed by atoms with Crippen LogP contribution in [-0.2, 0) is 12.0 Å². The lowest BCUT2D eigenvalue weighted by atomic mass is 9.80. The Bertz CT molecular complexity index is 1020. The number of pyridine rings is 1. The van der Waals surface area contributed by atoms with E-state index in [1.807, 2.05) is 43.3 Å². The highest BCUT2D eigenvalue weighted by molar-refractivity contribution is 5.75. The lowest BCUT2D eigenvalue weighted by Crippen LogP contribution is -2.52. The first-order chi connectivity index (χ1) is 14.7. The quantitative estimate of drug-likeness (QED) is 0.597. The SMILES string of the molecule is CNC(=O)NC(Cc1ccccc1)(c1cccc(OC(F)(F)F)c1)c1ccc(C)cn1. The Morgan fingerprint density at radius 1 is 1.03 bits per heavy atom. The zero-order valence-electron chi connectivity index (χ0n) is 17.0. The topological polar surface area (TPSA) is 63.2 Å². The molecule has 2 N–H and O–H groups in total. The maximum Gasteiger partial charge on any atom is 0.573 e. The molecule has 5 nitrogen and oxygen atoms in total. The predicted octanol–water partition coefficient (Wildman–Crippen LogP) is 4.70. The number of aromatic nitrogens is 1. The first-order valence-electron chi connectivity index (χ1n) is 9.55. The van der Waals surface area contributed by atoms with Crippen LogP contribution in [0.2, 0.25) is 0 Å². The average molecular weight is 429 g/mol. The van der Waals surface area contributed by atoms with Gasteiger partial charge in [-0.05, 0) is 41.8 Å². The molecule has 0 aliphatic carbocycles. The molecule has 162 valence electrons. The number of urea groups is 1.